The molecule has 2 saturated carbocycles. The first-order chi connectivity index (χ1) is 13.5. The summed E-state index contributed by atoms with van der Waals surface area (Å²) >= 11 is 0. The predicted molar refractivity (Wildman–Crippen MR) is 103 cm³/mol. The minimum atomic E-state index is -0.645. The molecular formula is C22H31FN2O3. The molecule has 1 aromatic heterocycles. The van der Waals surface area contributed by atoms with Crippen LogP contribution in [0, 0.1) is 11.8 Å². The second-order valence-corrected chi connectivity index (χ2v) is 8.93. The van der Waals surface area contributed by atoms with Crippen LogP contribution in [-0.2, 0) is 4.79 Å². The van der Waals surface area contributed by atoms with E-state index in [0.29, 0.717) is 37.0 Å². The molecule has 154 valence electrons. The normalized spacial score (nSPS) is 36.1. The van der Waals surface area contributed by atoms with Gasteiger partial charge in [-0.1, -0.05) is 0 Å². The number of fused-ring (bicyclic) bond motifs is 1. The summed E-state index contributed by atoms with van der Waals surface area (Å²) in [5, 5.41) is 0. The molecule has 0 radical (unpaired) electrons. The maximum absolute atomic E-state index is 13.6. The molecule has 0 spiro atoms. The van der Waals surface area contributed by atoms with Crippen LogP contribution >= 0.6 is 0 Å². The van der Waals surface area contributed by atoms with Gasteiger partial charge in [-0.3, -0.25) is 9.59 Å². The Morgan fingerprint density at radius 3 is 2.43 bits per heavy atom. The van der Waals surface area contributed by atoms with Crippen LogP contribution in [0.5, 0.6) is 0 Å². The van der Waals surface area contributed by atoms with Gasteiger partial charge in [0.05, 0.1) is 18.3 Å². The molecule has 1 saturated heterocycles. The van der Waals surface area contributed by atoms with Gasteiger partial charge in [0, 0.05) is 19.5 Å². The van der Waals surface area contributed by atoms with Gasteiger partial charge in [-0.15, -0.1) is 0 Å². The number of hydrogen-bond acceptors (Lipinski definition) is 3. The zero-order chi connectivity index (χ0) is 19.8. The number of halogens is 1. The highest BCUT2D eigenvalue weighted by molar-refractivity contribution is 5.92. The van der Waals surface area contributed by atoms with Gasteiger partial charge >= 0.3 is 0 Å². The highest BCUT2D eigenvalue weighted by Gasteiger charge is 2.47. The van der Waals surface area contributed by atoms with Crippen molar-refractivity contribution in [2.75, 3.05) is 6.54 Å². The van der Waals surface area contributed by atoms with E-state index in [1.54, 1.807) is 19.1 Å². The summed E-state index contributed by atoms with van der Waals surface area (Å²) in [6, 6.07) is 3.52. The van der Waals surface area contributed by atoms with E-state index in [9.17, 15) is 14.0 Å². The van der Waals surface area contributed by atoms with E-state index in [0.717, 1.165) is 32.1 Å². The third-order valence-corrected chi connectivity index (χ3v) is 7.24. The Balaban J connectivity index is 1.57. The first-order valence-electron chi connectivity index (χ1n) is 10.7. The highest BCUT2D eigenvalue weighted by atomic mass is 19.1. The molecule has 3 aliphatic rings. The summed E-state index contributed by atoms with van der Waals surface area (Å²) < 4.78 is 19.0. The van der Waals surface area contributed by atoms with Gasteiger partial charge in [0.1, 0.15) is 6.17 Å². The molecule has 2 amide bonds. The van der Waals surface area contributed by atoms with Crippen molar-refractivity contribution >= 4 is 11.8 Å². The van der Waals surface area contributed by atoms with Crippen LogP contribution in [0.1, 0.15) is 69.3 Å². The fraction of sp³-hybridized carbons (Fsp3) is 0.727. The maximum Gasteiger partial charge on any atom is 0.289 e. The summed E-state index contributed by atoms with van der Waals surface area (Å²) in [4.78, 5) is 29.4. The summed E-state index contributed by atoms with van der Waals surface area (Å²) in [7, 11) is 0. The molecule has 3 unspecified atom stereocenters. The largest absolute Gasteiger partial charge is 0.459 e. The first kappa shape index (κ1) is 19.5. The van der Waals surface area contributed by atoms with Crippen molar-refractivity contribution in [2.45, 2.75) is 83.1 Å². The molecular weight excluding hydrogens is 359 g/mol. The van der Waals surface area contributed by atoms with E-state index in [1.165, 1.54) is 6.26 Å². The van der Waals surface area contributed by atoms with Crippen LogP contribution < -0.4 is 0 Å². The molecule has 4 rings (SSSR count). The number of carbonyl (C=O) groups excluding carboxylic acids is 2. The van der Waals surface area contributed by atoms with Gasteiger partial charge in [0.15, 0.2) is 5.76 Å². The predicted octanol–water partition coefficient (Wildman–Crippen LogP) is 4.04. The standard InChI is InChI=1S/C22H31FN2O3/c1-14-13-24(22(27)21-4-3-11-28-21)20-12-17(16-5-8-18(23)9-6-16)7-10-19(20)25(14)15(2)26/h3-4,11,14,16-20H,5-10,12-13H2,1-2H3/t14-,16?,17?,18?,19?,20?/m0/s1. The number of piperazine rings is 1. The molecule has 6 heteroatoms. The van der Waals surface area contributed by atoms with E-state index < -0.39 is 6.17 Å². The minimum Gasteiger partial charge on any atom is -0.459 e. The fourth-order valence-corrected chi connectivity index (χ4v) is 5.95. The zero-order valence-electron chi connectivity index (χ0n) is 16.9. The average molecular weight is 390 g/mol. The summed E-state index contributed by atoms with van der Waals surface area (Å²) in [6.45, 7) is 4.19. The topological polar surface area (TPSA) is 53.8 Å². The van der Waals surface area contributed by atoms with Crippen molar-refractivity contribution in [3.05, 3.63) is 24.2 Å². The van der Waals surface area contributed by atoms with Crippen LogP contribution in [0.3, 0.4) is 0 Å². The SMILES string of the molecule is CC(=O)N1C2CCC(C3CCC(F)CC3)CC2N(C(=O)c2ccco2)C[C@@H]1C. The molecule has 1 aromatic rings. The lowest BCUT2D eigenvalue weighted by atomic mass is 9.69. The second-order valence-electron chi connectivity index (χ2n) is 8.93. The van der Waals surface area contributed by atoms with Crippen molar-refractivity contribution in [1.29, 1.82) is 0 Å². The van der Waals surface area contributed by atoms with Crippen molar-refractivity contribution < 1.29 is 18.4 Å². The monoisotopic (exact) mass is 390 g/mol. The van der Waals surface area contributed by atoms with Gasteiger partial charge in [0.2, 0.25) is 5.91 Å². The molecule has 28 heavy (non-hydrogen) atoms. The molecule has 2 heterocycles. The number of amides is 2. The summed E-state index contributed by atoms with van der Waals surface area (Å²) in [6.07, 6.45) is 6.98. The van der Waals surface area contributed by atoms with E-state index in [2.05, 4.69) is 0 Å². The number of furan rings is 1. The van der Waals surface area contributed by atoms with E-state index in [-0.39, 0.29) is 29.9 Å². The quantitative estimate of drug-likeness (QED) is 0.766. The van der Waals surface area contributed by atoms with Gasteiger partial charge in [0.25, 0.3) is 5.91 Å². The Morgan fingerprint density at radius 1 is 1.07 bits per heavy atom. The Labute approximate surface area is 166 Å². The third kappa shape index (κ3) is 3.58. The number of nitrogens with zero attached hydrogens (tertiary/aromatic N) is 2. The number of hydrogen-bond donors (Lipinski definition) is 0. The first-order valence-corrected chi connectivity index (χ1v) is 10.7. The Hall–Kier alpha value is -1.85. The molecule has 1 aliphatic heterocycles. The van der Waals surface area contributed by atoms with E-state index in [1.807, 2.05) is 16.7 Å². The van der Waals surface area contributed by atoms with Gasteiger partial charge in [-0.05, 0) is 75.8 Å². The molecule has 0 bridgehead atoms. The van der Waals surface area contributed by atoms with Crippen LogP contribution in [-0.4, -0.2) is 52.5 Å². The molecule has 2 aliphatic carbocycles. The van der Waals surface area contributed by atoms with E-state index >= 15 is 0 Å². The number of rotatable bonds is 2. The lowest BCUT2D eigenvalue weighted by Gasteiger charge is -2.54. The Kier molecular flexibility index (Phi) is 5.48. The summed E-state index contributed by atoms with van der Waals surface area (Å²) in [5.41, 5.74) is 0. The summed E-state index contributed by atoms with van der Waals surface area (Å²) in [5.74, 6) is 1.41. The Morgan fingerprint density at radius 2 is 1.79 bits per heavy atom. The smallest absolute Gasteiger partial charge is 0.289 e. The molecule has 5 nitrogen and oxygen atoms in total. The highest BCUT2D eigenvalue weighted by Crippen LogP contribution is 2.43. The molecule has 3 fully saturated rings. The van der Waals surface area contributed by atoms with Crippen molar-refractivity contribution in [3.63, 3.8) is 0 Å². The lowest BCUT2D eigenvalue weighted by Crippen LogP contribution is -2.67. The van der Waals surface area contributed by atoms with Crippen molar-refractivity contribution in [3.8, 4) is 0 Å². The van der Waals surface area contributed by atoms with Gasteiger partial charge in [-0.2, -0.15) is 0 Å². The van der Waals surface area contributed by atoms with Crippen LogP contribution in [0.25, 0.3) is 0 Å². The molecule has 0 aromatic carbocycles. The zero-order valence-corrected chi connectivity index (χ0v) is 16.9. The Bertz CT molecular complexity index is 699. The van der Waals surface area contributed by atoms with Crippen LogP contribution in [0.15, 0.2) is 22.8 Å². The number of alkyl halides is 1. The van der Waals surface area contributed by atoms with E-state index in [4.69, 9.17) is 4.42 Å². The molecule has 0 N–H and O–H groups in total. The fourth-order valence-electron chi connectivity index (χ4n) is 5.95. The number of carbonyl (C=O) groups is 2. The average Bonchev–Trinajstić information content (AvgIpc) is 3.21. The van der Waals surface area contributed by atoms with Crippen LogP contribution in [0.4, 0.5) is 4.39 Å². The van der Waals surface area contributed by atoms with Crippen LogP contribution in [0.2, 0.25) is 0 Å². The van der Waals surface area contributed by atoms with Crippen molar-refractivity contribution in [1.82, 2.24) is 9.80 Å². The molecule has 4 atom stereocenters. The minimum absolute atomic E-state index is 0.00353. The van der Waals surface area contributed by atoms with Gasteiger partial charge in [-0.25, -0.2) is 4.39 Å². The van der Waals surface area contributed by atoms with Gasteiger partial charge < -0.3 is 14.2 Å². The third-order valence-electron chi connectivity index (χ3n) is 7.24. The second kappa shape index (κ2) is 7.88. The van der Waals surface area contributed by atoms with Crippen molar-refractivity contribution in [2.24, 2.45) is 11.8 Å². The lowest BCUT2D eigenvalue weighted by molar-refractivity contribution is -0.142. The maximum atomic E-state index is 13.6.